The van der Waals surface area contributed by atoms with Crippen molar-refractivity contribution in [3.05, 3.63) is 69.7 Å². The van der Waals surface area contributed by atoms with Gasteiger partial charge >= 0.3 is 0 Å². The van der Waals surface area contributed by atoms with E-state index in [0.717, 1.165) is 24.7 Å². The van der Waals surface area contributed by atoms with E-state index in [1.54, 1.807) is 24.3 Å². The smallest absolute Gasteiger partial charge is 0.264 e. The lowest BCUT2D eigenvalue weighted by atomic mass is 9.72. The van der Waals surface area contributed by atoms with Gasteiger partial charge in [-0.2, -0.15) is 8.42 Å². The molecule has 1 heterocycles. The Hall–Kier alpha value is -1.60. The Balaban J connectivity index is 1.91. The summed E-state index contributed by atoms with van der Waals surface area (Å²) in [6.07, 6.45) is 3.05. The van der Waals surface area contributed by atoms with E-state index in [1.165, 1.54) is 0 Å². The number of likely N-dealkylation sites (tertiary alicyclic amines) is 1. The van der Waals surface area contributed by atoms with Crippen molar-refractivity contribution >= 4 is 39.2 Å². The van der Waals surface area contributed by atoms with Crippen LogP contribution < -0.4 is 0 Å². The number of hydrogen-bond acceptors (Lipinski definition) is 4. The maximum Gasteiger partial charge on any atom is 0.264 e. The number of carbonyl (C=O) groups is 1. The molecule has 1 aliphatic heterocycles. The first-order valence-corrected chi connectivity index (χ1v) is 11.9. The molecule has 1 amide bonds. The number of halogens is 2. The molecule has 29 heavy (non-hydrogen) atoms. The summed E-state index contributed by atoms with van der Waals surface area (Å²) in [6.45, 7) is 1.13. The molecule has 2 aromatic rings. The quantitative estimate of drug-likeness (QED) is 0.599. The zero-order valence-corrected chi connectivity index (χ0v) is 18.4. The molecule has 2 aromatic carbocycles. The van der Waals surface area contributed by atoms with Gasteiger partial charge in [0.15, 0.2) is 0 Å². The minimum Gasteiger partial charge on any atom is -0.338 e. The molecule has 1 unspecified atom stereocenters. The van der Waals surface area contributed by atoms with Crippen LogP contribution in [-0.2, 0) is 19.7 Å². The Labute approximate surface area is 181 Å². The molecular formula is C21H23Cl2NO4S. The number of amides is 1. The number of hydrogen-bond donors (Lipinski definition) is 0. The van der Waals surface area contributed by atoms with Crippen LogP contribution in [0, 0.1) is 0 Å². The second-order valence-electron chi connectivity index (χ2n) is 7.38. The lowest BCUT2D eigenvalue weighted by Crippen LogP contribution is -2.49. The standard InChI is InChI=1S/C21H23Cl2NO4S/c1-29(26,27)28-13-11-21(17-8-9-18(22)19(23)14-17)10-5-12-24(15-21)20(25)16-6-3-2-4-7-16/h2-4,6-9,14H,5,10-13,15H2,1H3. The van der Waals surface area contributed by atoms with E-state index in [2.05, 4.69) is 0 Å². The van der Waals surface area contributed by atoms with Crippen molar-refractivity contribution in [2.24, 2.45) is 0 Å². The average molecular weight is 456 g/mol. The van der Waals surface area contributed by atoms with Gasteiger partial charge in [-0.1, -0.05) is 47.5 Å². The second-order valence-corrected chi connectivity index (χ2v) is 9.84. The van der Waals surface area contributed by atoms with Gasteiger partial charge in [0.25, 0.3) is 16.0 Å². The van der Waals surface area contributed by atoms with Crippen molar-refractivity contribution in [1.29, 1.82) is 0 Å². The summed E-state index contributed by atoms with van der Waals surface area (Å²) in [5.74, 6) is -0.0428. The molecule has 0 aliphatic carbocycles. The van der Waals surface area contributed by atoms with Gasteiger partial charge in [-0.15, -0.1) is 0 Å². The van der Waals surface area contributed by atoms with Crippen LogP contribution >= 0.6 is 23.2 Å². The predicted octanol–water partition coefficient (Wildman–Crippen LogP) is 4.53. The molecule has 0 radical (unpaired) electrons. The third-order valence-corrected chi connectivity index (χ3v) is 6.63. The molecule has 1 atom stereocenters. The SMILES string of the molecule is CS(=O)(=O)OCCC1(c2ccc(Cl)c(Cl)c2)CCCN(C(=O)c2ccccc2)C1. The zero-order chi connectivity index (χ0) is 21.1. The summed E-state index contributed by atoms with van der Waals surface area (Å²) >= 11 is 12.3. The molecule has 0 bridgehead atoms. The number of piperidine rings is 1. The number of carbonyl (C=O) groups excluding carboxylic acids is 1. The topological polar surface area (TPSA) is 63.7 Å². The van der Waals surface area contributed by atoms with E-state index in [0.29, 0.717) is 35.1 Å². The monoisotopic (exact) mass is 455 g/mol. The Morgan fingerprint density at radius 1 is 1.14 bits per heavy atom. The van der Waals surface area contributed by atoms with Crippen LogP contribution in [-0.4, -0.2) is 45.2 Å². The first-order chi connectivity index (χ1) is 13.7. The van der Waals surface area contributed by atoms with E-state index < -0.39 is 15.5 Å². The van der Waals surface area contributed by atoms with Gasteiger partial charge in [0.05, 0.1) is 22.9 Å². The Morgan fingerprint density at radius 2 is 1.86 bits per heavy atom. The van der Waals surface area contributed by atoms with Gasteiger partial charge in [0, 0.05) is 24.1 Å². The van der Waals surface area contributed by atoms with E-state index in [9.17, 15) is 13.2 Å². The molecule has 0 aromatic heterocycles. The fraction of sp³-hybridized carbons (Fsp3) is 0.381. The summed E-state index contributed by atoms with van der Waals surface area (Å²) < 4.78 is 27.9. The van der Waals surface area contributed by atoms with E-state index in [-0.39, 0.29) is 12.5 Å². The Bertz CT molecular complexity index is 981. The first kappa shape index (κ1) is 22.1. The lowest BCUT2D eigenvalue weighted by Gasteiger charge is -2.43. The molecule has 3 rings (SSSR count). The van der Waals surface area contributed by atoms with Gasteiger partial charge in [0.1, 0.15) is 0 Å². The van der Waals surface area contributed by atoms with Crippen LogP contribution in [0.5, 0.6) is 0 Å². The Kier molecular flexibility index (Phi) is 6.89. The summed E-state index contributed by atoms with van der Waals surface area (Å²) in [6, 6.07) is 14.6. The summed E-state index contributed by atoms with van der Waals surface area (Å²) in [7, 11) is -3.55. The van der Waals surface area contributed by atoms with Crippen LogP contribution in [0.15, 0.2) is 48.5 Å². The highest BCUT2D eigenvalue weighted by molar-refractivity contribution is 7.85. The van der Waals surface area contributed by atoms with Crippen molar-refractivity contribution in [3.63, 3.8) is 0 Å². The molecule has 0 spiro atoms. The fourth-order valence-corrected chi connectivity index (χ4v) is 4.55. The number of nitrogens with zero attached hydrogens (tertiary/aromatic N) is 1. The normalized spacial score (nSPS) is 19.9. The first-order valence-electron chi connectivity index (χ1n) is 9.34. The van der Waals surface area contributed by atoms with Crippen molar-refractivity contribution < 1.29 is 17.4 Å². The average Bonchev–Trinajstić information content (AvgIpc) is 2.69. The van der Waals surface area contributed by atoms with Crippen LogP contribution in [0.4, 0.5) is 0 Å². The second kappa shape index (κ2) is 9.04. The van der Waals surface area contributed by atoms with Gasteiger partial charge in [-0.25, -0.2) is 0 Å². The highest BCUT2D eigenvalue weighted by atomic mass is 35.5. The maximum atomic E-state index is 13.0. The minimum absolute atomic E-state index is 0.0342. The third-order valence-electron chi connectivity index (χ3n) is 5.29. The van der Waals surface area contributed by atoms with Crippen LogP contribution in [0.25, 0.3) is 0 Å². The summed E-state index contributed by atoms with van der Waals surface area (Å²) in [5.41, 5.74) is 1.08. The minimum atomic E-state index is -3.55. The zero-order valence-electron chi connectivity index (χ0n) is 16.1. The van der Waals surface area contributed by atoms with Crippen molar-refractivity contribution in [2.45, 2.75) is 24.7 Å². The summed E-state index contributed by atoms with van der Waals surface area (Å²) in [4.78, 5) is 14.8. The fourth-order valence-electron chi connectivity index (χ4n) is 3.87. The molecule has 1 aliphatic rings. The van der Waals surface area contributed by atoms with Gasteiger partial charge in [0.2, 0.25) is 0 Å². The van der Waals surface area contributed by atoms with Crippen molar-refractivity contribution in [2.75, 3.05) is 26.0 Å². The lowest BCUT2D eigenvalue weighted by molar-refractivity contribution is 0.0609. The molecule has 5 nitrogen and oxygen atoms in total. The van der Waals surface area contributed by atoms with Crippen LogP contribution in [0.2, 0.25) is 10.0 Å². The van der Waals surface area contributed by atoms with Crippen molar-refractivity contribution in [1.82, 2.24) is 4.90 Å². The van der Waals surface area contributed by atoms with Gasteiger partial charge in [-0.3, -0.25) is 8.98 Å². The molecular weight excluding hydrogens is 433 g/mol. The molecule has 0 saturated carbocycles. The molecule has 156 valence electrons. The molecule has 1 fully saturated rings. The van der Waals surface area contributed by atoms with E-state index in [4.69, 9.17) is 27.4 Å². The number of rotatable bonds is 6. The van der Waals surface area contributed by atoms with Crippen LogP contribution in [0.3, 0.4) is 0 Å². The van der Waals surface area contributed by atoms with Crippen molar-refractivity contribution in [3.8, 4) is 0 Å². The number of benzene rings is 2. The van der Waals surface area contributed by atoms with Gasteiger partial charge < -0.3 is 4.90 Å². The largest absolute Gasteiger partial charge is 0.338 e. The molecule has 8 heteroatoms. The van der Waals surface area contributed by atoms with Crippen LogP contribution in [0.1, 0.15) is 35.2 Å². The van der Waals surface area contributed by atoms with E-state index >= 15 is 0 Å². The maximum absolute atomic E-state index is 13.0. The molecule has 1 saturated heterocycles. The predicted molar refractivity (Wildman–Crippen MR) is 115 cm³/mol. The third kappa shape index (κ3) is 5.51. The highest BCUT2D eigenvalue weighted by Crippen LogP contribution is 2.40. The molecule has 0 N–H and O–H groups in total. The highest BCUT2D eigenvalue weighted by Gasteiger charge is 2.39. The Morgan fingerprint density at radius 3 is 2.52 bits per heavy atom. The summed E-state index contributed by atoms with van der Waals surface area (Å²) in [5, 5.41) is 0.880. The van der Waals surface area contributed by atoms with Gasteiger partial charge in [-0.05, 0) is 49.1 Å². The van der Waals surface area contributed by atoms with E-state index in [1.807, 2.05) is 29.2 Å².